The molecule has 0 bridgehead atoms. The molecule has 0 unspecified atom stereocenters. The number of nitrogens with two attached hydrogens (primary N) is 1. The predicted octanol–water partition coefficient (Wildman–Crippen LogP) is 1.20. The third-order valence-corrected chi connectivity index (χ3v) is 3.61. The number of hydrogen-bond acceptors (Lipinski definition) is 3. The van der Waals surface area contributed by atoms with E-state index in [0.29, 0.717) is 6.54 Å². The largest absolute Gasteiger partial charge is 0.352 e. The molecule has 4 N–H and O–H groups in total. The van der Waals surface area contributed by atoms with Crippen molar-refractivity contribution in [1.82, 2.24) is 15.5 Å². The van der Waals surface area contributed by atoms with E-state index in [9.17, 15) is 9.59 Å². The molecular weight excluding hydrogens is 280 g/mol. The van der Waals surface area contributed by atoms with Crippen molar-refractivity contribution in [2.75, 3.05) is 13.1 Å². The number of carbonyl (C=O) groups is 2. The standard InChI is InChI=1S/C16H26N4O2/c1-4-20(5-2)11-14-9-7-6-8-13(14)10-18-15(21)12(3)19-16(17)22/h6-9,12H,4-5,10-11H2,1-3H3,(H,18,21)(H3,17,19,22)/t12-/m0/s1. The van der Waals surface area contributed by atoms with E-state index in [1.807, 2.05) is 18.2 Å². The molecule has 6 nitrogen and oxygen atoms in total. The summed E-state index contributed by atoms with van der Waals surface area (Å²) in [6.07, 6.45) is 0. The van der Waals surface area contributed by atoms with E-state index in [1.165, 1.54) is 5.56 Å². The molecule has 1 aromatic rings. The Labute approximate surface area is 132 Å². The molecule has 0 aromatic heterocycles. The summed E-state index contributed by atoms with van der Waals surface area (Å²) >= 11 is 0. The summed E-state index contributed by atoms with van der Waals surface area (Å²) in [6, 6.07) is 6.69. The fourth-order valence-electron chi connectivity index (χ4n) is 2.19. The topological polar surface area (TPSA) is 87.5 Å². The quantitative estimate of drug-likeness (QED) is 0.674. The molecule has 0 fully saturated rings. The lowest BCUT2D eigenvalue weighted by molar-refractivity contribution is -0.122. The van der Waals surface area contributed by atoms with E-state index >= 15 is 0 Å². The number of hydrogen-bond donors (Lipinski definition) is 3. The van der Waals surface area contributed by atoms with Gasteiger partial charge in [0.15, 0.2) is 0 Å². The van der Waals surface area contributed by atoms with E-state index in [1.54, 1.807) is 6.92 Å². The number of primary amides is 1. The summed E-state index contributed by atoms with van der Waals surface area (Å²) in [7, 11) is 0. The first kappa shape index (κ1) is 18.0. The second kappa shape index (κ2) is 9.04. The third kappa shape index (κ3) is 5.73. The zero-order valence-corrected chi connectivity index (χ0v) is 13.6. The Balaban J connectivity index is 2.66. The van der Waals surface area contributed by atoms with Gasteiger partial charge in [0.2, 0.25) is 5.91 Å². The Morgan fingerprint density at radius 1 is 1.18 bits per heavy atom. The van der Waals surface area contributed by atoms with Gasteiger partial charge in [0, 0.05) is 13.1 Å². The van der Waals surface area contributed by atoms with Crippen molar-refractivity contribution in [2.24, 2.45) is 5.73 Å². The van der Waals surface area contributed by atoms with Gasteiger partial charge in [-0.05, 0) is 31.1 Å². The molecule has 1 atom stereocenters. The molecule has 22 heavy (non-hydrogen) atoms. The van der Waals surface area contributed by atoms with Crippen LogP contribution in [0, 0.1) is 0 Å². The first-order chi connectivity index (χ1) is 10.5. The van der Waals surface area contributed by atoms with Crippen LogP contribution in [0.1, 0.15) is 31.9 Å². The lowest BCUT2D eigenvalue weighted by Gasteiger charge is -2.20. The van der Waals surface area contributed by atoms with Crippen LogP contribution < -0.4 is 16.4 Å². The van der Waals surface area contributed by atoms with E-state index in [-0.39, 0.29) is 5.91 Å². The normalized spacial score (nSPS) is 12.0. The maximum atomic E-state index is 11.9. The maximum absolute atomic E-state index is 11.9. The van der Waals surface area contributed by atoms with E-state index < -0.39 is 12.1 Å². The third-order valence-electron chi connectivity index (χ3n) is 3.61. The molecule has 3 amide bonds. The number of nitrogens with one attached hydrogen (secondary N) is 2. The molecule has 0 aliphatic rings. The van der Waals surface area contributed by atoms with E-state index in [0.717, 1.165) is 25.2 Å². The maximum Gasteiger partial charge on any atom is 0.312 e. The zero-order valence-electron chi connectivity index (χ0n) is 13.6. The highest BCUT2D eigenvalue weighted by atomic mass is 16.2. The number of urea groups is 1. The van der Waals surface area contributed by atoms with Gasteiger partial charge in [-0.15, -0.1) is 0 Å². The number of rotatable bonds is 8. The highest BCUT2D eigenvalue weighted by molar-refractivity contribution is 5.86. The lowest BCUT2D eigenvalue weighted by atomic mass is 10.1. The molecule has 0 heterocycles. The smallest absolute Gasteiger partial charge is 0.312 e. The Bertz CT molecular complexity index is 501. The molecule has 1 aromatic carbocycles. The SMILES string of the molecule is CCN(CC)Cc1ccccc1CNC(=O)[C@H](C)NC(N)=O. The van der Waals surface area contributed by atoms with Crippen LogP contribution in [-0.4, -0.2) is 36.0 Å². The Morgan fingerprint density at radius 3 is 2.32 bits per heavy atom. The van der Waals surface area contributed by atoms with Crippen LogP contribution in [0.2, 0.25) is 0 Å². The second-order valence-corrected chi connectivity index (χ2v) is 5.18. The zero-order chi connectivity index (χ0) is 16.5. The van der Waals surface area contributed by atoms with E-state index in [4.69, 9.17) is 5.73 Å². The molecular formula is C16H26N4O2. The average molecular weight is 306 g/mol. The second-order valence-electron chi connectivity index (χ2n) is 5.18. The minimum atomic E-state index is -0.704. The molecule has 0 saturated heterocycles. The summed E-state index contributed by atoms with van der Waals surface area (Å²) < 4.78 is 0. The van der Waals surface area contributed by atoms with Gasteiger partial charge in [0.25, 0.3) is 0 Å². The average Bonchev–Trinajstić information content (AvgIpc) is 2.50. The molecule has 122 valence electrons. The van der Waals surface area contributed by atoms with Crippen LogP contribution in [0.4, 0.5) is 4.79 Å². The van der Waals surface area contributed by atoms with Gasteiger partial charge in [0.05, 0.1) is 0 Å². The van der Waals surface area contributed by atoms with Gasteiger partial charge in [-0.3, -0.25) is 9.69 Å². The predicted molar refractivity (Wildman–Crippen MR) is 87.1 cm³/mol. The number of carbonyl (C=O) groups excluding carboxylic acids is 2. The fourth-order valence-corrected chi connectivity index (χ4v) is 2.19. The molecule has 6 heteroatoms. The number of amides is 3. The van der Waals surface area contributed by atoms with Gasteiger partial charge in [-0.1, -0.05) is 38.1 Å². The molecule has 1 rings (SSSR count). The van der Waals surface area contributed by atoms with Crippen LogP contribution in [-0.2, 0) is 17.9 Å². The van der Waals surface area contributed by atoms with Crippen molar-refractivity contribution >= 4 is 11.9 Å². The van der Waals surface area contributed by atoms with Gasteiger partial charge in [-0.25, -0.2) is 4.79 Å². The van der Waals surface area contributed by atoms with Crippen molar-refractivity contribution in [2.45, 2.75) is 39.9 Å². The molecule has 0 aliphatic heterocycles. The van der Waals surface area contributed by atoms with Crippen LogP contribution in [0.5, 0.6) is 0 Å². The minimum Gasteiger partial charge on any atom is -0.352 e. The summed E-state index contributed by atoms with van der Waals surface area (Å²) in [4.78, 5) is 25.0. The van der Waals surface area contributed by atoms with Crippen molar-refractivity contribution in [3.05, 3.63) is 35.4 Å². The van der Waals surface area contributed by atoms with Crippen LogP contribution >= 0.6 is 0 Å². The lowest BCUT2D eigenvalue weighted by Crippen LogP contribution is -2.46. The van der Waals surface area contributed by atoms with Gasteiger partial charge in [0.1, 0.15) is 6.04 Å². The van der Waals surface area contributed by atoms with Crippen molar-refractivity contribution in [3.63, 3.8) is 0 Å². The summed E-state index contributed by atoms with van der Waals surface area (Å²) in [5, 5.41) is 5.19. The number of nitrogens with zero attached hydrogens (tertiary/aromatic N) is 1. The van der Waals surface area contributed by atoms with Crippen molar-refractivity contribution in [1.29, 1.82) is 0 Å². The fraction of sp³-hybridized carbons (Fsp3) is 0.500. The van der Waals surface area contributed by atoms with Gasteiger partial charge >= 0.3 is 6.03 Å². The number of benzene rings is 1. The first-order valence-corrected chi connectivity index (χ1v) is 7.60. The molecule has 0 radical (unpaired) electrons. The monoisotopic (exact) mass is 306 g/mol. The van der Waals surface area contributed by atoms with Crippen molar-refractivity contribution in [3.8, 4) is 0 Å². The highest BCUT2D eigenvalue weighted by Gasteiger charge is 2.14. The van der Waals surface area contributed by atoms with Crippen LogP contribution in [0.25, 0.3) is 0 Å². The van der Waals surface area contributed by atoms with Gasteiger partial charge in [-0.2, -0.15) is 0 Å². The van der Waals surface area contributed by atoms with E-state index in [2.05, 4.69) is 35.4 Å². The summed E-state index contributed by atoms with van der Waals surface area (Å²) in [5.74, 6) is -0.253. The Morgan fingerprint density at radius 2 is 1.77 bits per heavy atom. The highest BCUT2D eigenvalue weighted by Crippen LogP contribution is 2.11. The van der Waals surface area contributed by atoms with Crippen LogP contribution in [0.15, 0.2) is 24.3 Å². The summed E-state index contributed by atoms with van der Waals surface area (Å²) in [6.45, 7) is 9.11. The Hall–Kier alpha value is -2.08. The summed E-state index contributed by atoms with van der Waals surface area (Å²) in [5.41, 5.74) is 7.29. The molecule has 0 aliphatic carbocycles. The molecule has 0 saturated carbocycles. The van der Waals surface area contributed by atoms with Crippen molar-refractivity contribution < 1.29 is 9.59 Å². The Kier molecular flexibility index (Phi) is 7.39. The van der Waals surface area contributed by atoms with Crippen LogP contribution in [0.3, 0.4) is 0 Å². The molecule has 0 spiro atoms. The van der Waals surface area contributed by atoms with Gasteiger partial charge < -0.3 is 16.4 Å². The first-order valence-electron chi connectivity index (χ1n) is 7.60. The minimum absolute atomic E-state index is 0.253.